The summed E-state index contributed by atoms with van der Waals surface area (Å²) in [5, 5.41) is 9.95. The van der Waals surface area contributed by atoms with Crippen molar-refractivity contribution < 1.29 is 9.53 Å². The predicted octanol–water partition coefficient (Wildman–Crippen LogP) is 10.9. The molecule has 0 aromatic heterocycles. The zero-order valence-corrected chi connectivity index (χ0v) is 25.7. The van der Waals surface area contributed by atoms with Gasteiger partial charge in [-0.25, -0.2) is 4.79 Å². The molecule has 40 heavy (non-hydrogen) atoms. The molecule has 1 aliphatic carbocycles. The van der Waals surface area contributed by atoms with Crippen LogP contribution in [0.4, 0.5) is 0 Å². The van der Waals surface area contributed by atoms with E-state index in [2.05, 4.69) is 58.0 Å². The summed E-state index contributed by atoms with van der Waals surface area (Å²) in [5.41, 5.74) is 4.17. The van der Waals surface area contributed by atoms with Crippen LogP contribution in [0, 0.1) is 28.6 Å². The van der Waals surface area contributed by atoms with Gasteiger partial charge in [0.2, 0.25) is 0 Å². The summed E-state index contributed by atoms with van der Waals surface area (Å²) < 4.78 is 5.56. The third kappa shape index (κ3) is 10.1. The van der Waals surface area contributed by atoms with Gasteiger partial charge in [-0.15, -0.1) is 0 Å². The number of esters is 1. The smallest absolute Gasteiger partial charge is 0.338 e. The molecule has 1 atom stereocenters. The Hall–Kier alpha value is -2.60. The number of ether oxygens (including phenoxy) is 1. The number of carbonyl (C=O) groups excluding carboxylic acids is 1. The summed E-state index contributed by atoms with van der Waals surface area (Å²) in [7, 11) is 0. The molecule has 0 spiro atoms. The van der Waals surface area contributed by atoms with Crippen molar-refractivity contribution >= 4 is 5.97 Å². The Labute approximate surface area is 244 Å². The highest BCUT2D eigenvalue weighted by Gasteiger charge is 2.35. The molecule has 2 aromatic rings. The summed E-state index contributed by atoms with van der Waals surface area (Å²) in [6.07, 6.45) is 16.3. The van der Waals surface area contributed by atoms with E-state index in [1.165, 1.54) is 56.9 Å². The molecule has 0 N–H and O–H groups in total. The van der Waals surface area contributed by atoms with Crippen molar-refractivity contribution in [2.24, 2.45) is 17.3 Å². The van der Waals surface area contributed by atoms with E-state index in [9.17, 15) is 10.1 Å². The number of carbonyl (C=O) groups is 1. The van der Waals surface area contributed by atoms with E-state index < -0.39 is 0 Å². The molecule has 0 aliphatic heterocycles. The van der Waals surface area contributed by atoms with Crippen molar-refractivity contribution in [1.29, 1.82) is 5.26 Å². The fourth-order valence-electron chi connectivity index (χ4n) is 6.19. The summed E-state index contributed by atoms with van der Waals surface area (Å²) in [5.74, 6) is 1.65. The van der Waals surface area contributed by atoms with Gasteiger partial charge in [0.05, 0.1) is 23.7 Å². The summed E-state index contributed by atoms with van der Waals surface area (Å²) in [4.78, 5) is 12.5. The molecule has 0 heterocycles. The van der Waals surface area contributed by atoms with Crippen LogP contribution in [0.2, 0.25) is 0 Å². The van der Waals surface area contributed by atoms with E-state index in [1.54, 1.807) is 0 Å². The van der Waals surface area contributed by atoms with E-state index in [4.69, 9.17) is 4.74 Å². The third-order valence-electron chi connectivity index (χ3n) is 9.10. The molecule has 0 unspecified atom stereocenters. The van der Waals surface area contributed by atoms with Crippen LogP contribution in [-0.2, 0) is 4.74 Å². The standard InChI is InChI=1S/C37H53NO2/c1-5-6-7-8-9-24-37(28-38)25-21-34(22-26-37)33-15-13-31(14-16-33)32-17-19-35(20-18-32)36(39)40-27-23-30(4)12-10-11-29(2)3/h13-20,29-30,34H,5-12,21-27H2,1-4H3/t30-,34?,37?/m1/s1. The van der Waals surface area contributed by atoms with Gasteiger partial charge in [-0.3, -0.25) is 0 Å². The minimum absolute atomic E-state index is 0.0999. The van der Waals surface area contributed by atoms with Crippen LogP contribution >= 0.6 is 0 Å². The van der Waals surface area contributed by atoms with Gasteiger partial charge in [0.1, 0.15) is 0 Å². The van der Waals surface area contributed by atoms with Gasteiger partial charge in [0.25, 0.3) is 0 Å². The first kappa shape index (κ1) is 31.9. The number of nitrogens with zero attached hydrogens (tertiary/aromatic N) is 1. The minimum Gasteiger partial charge on any atom is -0.462 e. The highest BCUT2D eigenvalue weighted by molar-refractivity contribution is 5.90. The first-order valence-electron chi connectivity index (χ1n) is 16.1. The van der Waals surface area contributed by atoms with Gasteiger partial charge in [0.15, 0.2) is 0 Å². The maximum atomic E-state index is 12.5. The van der Waals surface area contributed by atoms with E-state index >= 15 is 0 Å². The Morgan fingerprint density at radius 3 is 2.10 bits per heavy atom. The summed E-state index contributed by atoms with van der Waals surface area (Å²) in [6, 6.07) is 19.4. The molecule has 3 rings (SSSR count). The van der Waals surface area contributed by atoms with Crippen LogP contribution in [0.25, 0.3) is 11.1 Å². The average molecular weight is 544 g/mol. The zero-order chi connectivity index (χ0) is 28.8. The van der Waals surface area contributed by atoms with Gasteiger partial charge < -0.3 is 4.74 Å². The van der Waals surface area contributed by atoms with Gasteiger partial charge in [0, 0.05) is 0 Å². The van der Waals surface area contributed by atoms with Crippen LogP contribution in [0.5, 0.6) is 0 Å². The summed E-state index contributed by atoms with van der Waals surface area (Å²) in [6.45, 7) is 9.51. The maximum Gasteiger partial charge on any atom is 0.338 e. The number of hydrogen-bond acceptors (Lipinski definition) is 3. The Balaban J connectivity index is 1.45. The van der Waals surface area contributed by atoms with Crippen LogP contribution in [0.1, 0.15) is 139 Å². The molecule has 0 radical (unpaired) electrons. The quantitative estimate of drug-likeness (QED) is 0.156. The van der Waals surface area contributed by atoms with Crippen LogP contribution in [0.3, 0.4) is 0 Å². The monoisotopic (exact) mass is 543 g/mol. The SMILES string of the molecule is CCCCCCCC1(C#N)CCC(c2ccc(-c3ccc(C(=O)OCC[C@H](C)CCCC(C)C)cc3)cc2)CC1. The molecule has 3 nitrogen and oxygen atoms in total. The van der Waals surface area contributed by atoms with Gasteiger partial charge in [-0.2, -0.15) is 5.26 Å². The third-order valence-corrected chi connectivity index (χ3v) is 9.10. The molecular weight excluding hydrogens is 490 g/mol. The van der Waals surface area contributed by atoms with Crippen molar-refractivity contribution in [2.45, 2.75) is 124 Å². The molecule has 2 aromatic carbocycles. The van der Waals surface area contributed by atoms with Gasteiger partial charge >= 0.3 is 5.97 Å². The first-order chi connectivity index (χ1) is 19.4. The van der Waals surface area contributed by atoms with Crippen molar-refractivity contribution in [3.63, 3.8) is 0 Å². The molecule has 1 saturated carbocycles. The predicted molar refractivity (Wildman–Crippen MR) is 167 cm³/mol. The molecule has 3 heteroatoms. The molecular formula is C37H53NO2. The topological polar surface area (TPSA) is 50.1 Å². The minimum atomic E-state index is -0.233. The number of hydrogen-bond donors (Lipinski definition) is 0. The largest absolute Gasteiger partial charge is 0.462 e. The number of nitriles is 1. The van der Waals surface area contributed by atoms with Crippen molar-refractivity contribution in [2.75, 3.05) is 6.61 Å². The Morgan fingerprint density at radius 1 is 0.875 bits per heavy atom. The van der Waals surface area contributed by atoms with Crippen molar-refractivity contribution in [3.8, 4) is 17.2 Å². The maximum absolute atomic E-state index is 12.5. The molecule has 1 fully saturated rings. The second kappa shape index (κ2) is 16.6. The highest BCUT2D eigenvalue weighted by atomic mass is 16.5. The van der Waals surface area contributed by atoms with Crippen LogP contribution in [0.15, 0.2) is 48.5 Å². The number of benzene rings is 2. The zero-order valence-electron chi connectivity index (χ0n) is 25.7. The lowest BCUT2D eigenvalue weighted by molar-refractivity contribution is 0.0483. The lowest BCUT2D eigenvalue weighted by Crippen LogP contribution is -2.25. The molecule has 0 amide bonds. The molecule has 0 bridgehead atoms. The van der Waals surface area contributed by atoms with E-state index in [0.29, 0.717) is 24.0 Å². The van der Waals surface area contributed by atoms with E-state index in [0.717, 1.165) is 55.6 Å². The first-order valence-corrected chi connectivity index (χ1v) is 16.1. The summed E-state index contributed by atoms with van der Waals surface area (Å²) >= 11 is 0. The fraction of sp³-hybridized carbons (Fsp3) is 0.622. The normalized spacial score (nSPS) is 19.8. The van der Waals surface area contributed by atoms with Gasteiger partial charge in [-0.05, 0) is 85.1 Å². The van der Waals surface area contributed by atoms with E-state index in [-0.39, 0.29) is 11.4 Å². The Bertz CT molecular complexity index is 1040. The van der Waals surface area contributed by atoms with Crippen molar-refractivity contribution in [1.82, 2.24) is 0 Å². The number of rotatable bonds is 16. The second-order valence-corrected chi connectivity index (χ2v) is 12.9. The second-order valence-electron chi connectivity index (χ2n) is 12.9. The lowest BCUT2D eigenvalue weighted by Gasteiger charge is -2.35. The average Bonchev–Trinajstić information content (AvgIpc) is 2.97. The van der Waals surface area contributed by atoms with E-state index in [1.807, 2.05) is 24.3 Å². The highest BCUT2D eigenvalue weighted by Crippen LogP contribution is 2.46. The van der Waals surface area contributed by atoms with Crippen molar-refractivity contribution in [3.05, 3.63) is 59.7 Å². The molecule has 218 valence electrons. The van der Waals surface area contributed by atoms with Gasteiger partial charge in [-0.1, -0.05) is 115 Å². The number of unbranched alkanes of at least 4 members (excludes halogenated alkanes) is 4. The fourth-order valence-corrected chi connectivity index (χ4v) is 6.19. The van der Waals surface area contributed by atoms with Crippen LogP contribution in [-0.4, -0.2) is 12.6 Å². The Kier molecular flexibility index (Phi) is 13.3. The lowest BCUT2D eigenvalue weighted by atomic mass is 9.67. The molecule has 0 saturated heterocycles. The molecule has 1 aliphatic rings. The Morgan fingerprint density at radius 2 is 1.50 bits per heavy atom. The van der Waals surface area contributed by atoms with Crippen LogP contribution < -0.4 is 0 Å².